The number of sulfone groups is 1. The zero-order chi connectivity index (χ0) is 32.0. The highest BCUT2D eigenvalue weighted by Gasteiger charge is 2.25. The molecular formula is C36H42Cl2O4S. The molecule has 43 heavy (non-hydrogen) atoms. The van der Waals surface area contributed by atoms with Crippen LogP contribution in [0.15, 0.2) is 94.7 Å². The normalized spacial score (nSPS) is 11.9. The Balaban J connectivity index is 0.00000162. The van der Waals surface area contributed by atoms with E-state index in [1.54, 1.807) is 42.5 Å². The van der Waals surface area contributed by atoms with Crippen LogP contribution in [0.5, 0.6) is 17.2 Å². The number of aromatic hydroxyl groups is 1. The fraction of sp³-hybridized carbons (Fsp3) is 0.333. The van der Waals surface area contributed by atoms with Crippen molar-refractivity contribution < 1.29 is 18.3 Å². The number of hydrogen-bond acceptors (Lipinski definition) is 4. The maximum absolute atomic E-state index is 13.2. The second-order valence-electron chi connectivity index (χ2n) is 12.1. The van der Waals surface area contributed by atoms with Gasteiger partial charge < -0.3 is 9.84 Å². The molecule has 4 aromatic rings. The minimum atomic E-state index is -3.66. The molecule has 0 aromatic heterocycles. The molecule has 0 aliphatic rings. The first-order chi connectivity index (χ1) is 20.2. The van der Waals surface area contributed by atoms with E-state index in [0.717, 1.165) is 22.3 Å². The van der Waals surface area contributed by atoms with Gasteiger partial charge in [-0.1, -0.05) is 85.2 Å². The van der Waals surface area contributed by atoms with Crippen molar-refractivity contribution >= 4 is 33.0 Å². The van der Waals surface area contributed by atoms with Crippen LogP contribution in [-0.4, -0.2) is 13.5 Å². The average Bonchev–Trinajstić information content (AvgIpc) is 2.97. The van der Waals surface area contributed by atoms with Gasteiger partial charge in [0.05, 0.1) is 21.6 Å². The molecule has 4 aromatic carbocycles. The Hall–Kier alpha value is -2.99. The van der Waals surface area contributed by atoms with E-state index < -0.39 is 9.84 Å². The number of alkyl halides is 2. The molecule has 0 aliphatic carbocycles. The third kappa shape index (κ3) is 8.14. The minimum Gasteiger partial charge on any atom is -0.508 e. The molecule has 4 rings (SSSR count). The molecule has 0 saturated heterocycles. The van der Waals surface area contributed by atoms with Gasteiger partial charge in [0.1, 0.15) is 17.2 Å². The summed E-state index contributed by atoms with van der Waals surface area (Å²) < 4.78 is 32.5. The third-order valence-electron chi connectivity index (χ3n) is 7.26. The van der Waals surface area contributed by atoms with Gasteiger partial charge in [-0.3, -0.25) is 0 Å². The summed E-state index contributed by atoms with van der Waals surface area (Å²) >= 11 is 12.3. The third-order valence-corrected chi connectivity index (χ3v) is 9.63. The predicted molar refractivity (Wildman–Crippen MR) is 179 cm³/mol. The van der Waals surface area contributed by atoms with Crippen LogP contribution in [0.1, 0.15) is 82.7 Å². The van der Waals surface area contributed by atoms with Gasteiger partial charge in [0.2, 0.25) is 9.84 Å². The Morgan fingerprint density at radius 2 is 1.12 bits per heavy atom. The lowest BCUT2D eigenvalue weighted by Crippen LogP contribution is -2.19. The van der Waals surface area contributed by atoms with Gasteiger partial charge >= 0.3 is 0 Å². The van der Waals surface area contributed by atoms with Gasteiger partial charge in [-0.2, -0.15) is 0 Å². The van der Waals surface area contributed by atoms with Crippen molar-refractivity contribution in [3.8, 4) is 17.2 Å². The van der Waals surface area contributed by atoms with E-state index in [1.807, 2.05) is 42.5 Å². The number of phenolic OH excluding ortho intramolecular Hbond substituents is 1. The number of ether oxygens (including phenoxy) is 1. The number of phenols is 1. The largest absolute Gasteiger partial charge is 0.508 e. The van der Waals surface area contributed by atoms with Crippen molar-refractivity contribution in [2.45, 2.75) is 87.3 Å². The standard InChI is InChI=1S/C33H34Cl2O4S.C3H8/c1-32(2,3)24-6-12-28(13-7-24)40(37,38)29-14-10-27(11-15-29)39-31-17-9-26(19-23(31)21-35)33(4,5)25-8-16-30(36)22(18-25)20-34;1-3-2/h6-19,36H,20-21H2,1-5H3;3H2,1-2H3. The van der Waals surface area contributed by atoms with E-state index in [4.69, 9.17) is 27.9 Å². The molecule has 0 amide bonds. The van der Waals surface area contributed by atoms with Gasteiger partial charge in [-0.15, -0.1) is 23.2 Å². The average molecular weight is 642 g/mol. The Morgan fingerprint density at radius 1 is 0.674 bits per heavy atom. The van der Waals surface area contributed by atoms with Crippen LogP contribution in [0.4, 0.5) is 0 Å². The highest BCUT2D eigenvalue weighted by Crippen LogP contribution is 2.38. The van der Waals surface area contributed by atoms with Crippen LogP contribution in [0, 0.1) is 0 Å². The Labute approximate surface area is 267 Å². The van der Waals surface area contributed by atoms with Gasteiger partial charge in [0.15, 0.2) is 0 Å². The van der Waals surface area contributed by atoms with Crippen molar-refractivity contribution in [1.82, 2.24) is 0 Å². The van der Waals surface area contributed by atoms with Gasteiger partial charge in [-0.25, -0.2) is 8.42 Å². The molecular weight excluding hydrogens is 599 g/mol. The highest BCUT2D eigenvalue weighted by molar-refractivity contribution is 7.91. The van der Waals surface area contributed by atoms with Crippen LogP contribution in [0.3, 0.4) is 0 Å². The van der Waals surface area contributed by atoms with Crippen molar-refractivity contribution in [3.63, 3.8) is 0 Å². The smallest absolute Gasteiger partial charge is 0.206 e. The molecule has 0 radical (unpaired) electrons. The summed E-state index contributed by atoms with van der Waals surface area (Å²) in [5.41, 5.74) is 4.16. The SMILES string of the molecule is CC(C)(C)c1ccc(S(=O)(=O)c2ccc(Oc3ccc(C(C)(C)c4ccc(O)c(CCl)c4)cc3CCl)cc2)cc1.CCC. The summed E-state index contributed by atoms with van der Waals surface area (Å²) in [5, 5.41) is 10.0. The lowest BCUT2D eigenvalue weighted by Gasteiger charge is -2.28. The molecule has 7 heteroatoms. The molecule has 4 nitrogen and oxygen atoms in total. The number of hydrogen-bond donors (Lipinski definition) is 1. The molecule has 0 unspecified atom stereocenters. The molecule has 0 aliphatic heterocycles. The van der Waals surface area contributed by atoms with E-state index in [2.05, 4.69) is 48.5 Å². The van der Waals surface area contributed by atoms with Crippen molar-refractivity contribution in [2.24, 2.45) is 0 Å². The molecule has 230 valence electrons. The quantitative estimate of drug-likeness (QED) is 0.195. The second kappa shape index (κ2) is 14.2. The van der Waals surface area contributed by atoms with Crippen molar-refractivity contribution in [3.05, 3.63) is 113 Å². The summed E-state index contributed by atoms with van der Waals surface area (Å²) in [6.45, 7) is 14.7. The maximum atomic E-state index is 13.2. The number of halogens is 2. The van der Waals surface area contributed by atoms with Crippen molar-refractivity contribution in [1.29, 1.82) is 0 Å². The molecule has 0 fully saturated rings. The van der Waals surface area contributed by atoms with Crippen LogP contribution in [0.2, 0.25) is 0 Å². The lowest BCUT2D eigenvalue weighted by molar-refractivity contribution is 0.469. The molecule has 0 bridgehead atoms. The highest BCUT2D eigenvalue weighted by atomic mass is 35.5. The number of benzene rings is 4. The van der Waals surface area contributed by atoms with Crippen LogP contribution in [-0.2, 0) is 32.4 Å². The monoisotopic (exact) mass is 640 g/mol. The summed E-state index contributed by atoms with van der Waals surface area (Å²) in [7, 11) is -3.66. The van der Waals surface area contributed by atoms with Crippen LogP contribution in [0.25, 0.3) is 0 Å². The molecule has 0 spiro atoms. The molecule has 0 saturated carbocycles. The fourth-order valence-electron chi connectivity index (χ4n) is 4.50. The van der Waals surface area contributed by atoms with E-state index in [9.17, 15) is 13.5 Å². The maximum Gasteiger partial charge on any atom is 0.206 e. The van der Waals surface area contributed by atoms with Gasteiger partial charge in [-0.05, 0) is 76.7 Å². The summed E-state index contributed by atoms with van der Waals surface area (Å²) in [6.07, 6.45) is 1.25. The summed E-state index contributed by atoms with van der Waals surface area (Å²) in [5.74, 6) is 1.73. The first kappa shape index (κ1) is 34.5. The topological polar surface area (TPSA) is 63.6 Å². The molecule has 0 atom stereocenters. The second-order valence-corrected chi connectivity index (χ2v) is 14.6. The van der Waals surface area contributed by atoms with E-state index in [1.165, 1.54) is 6.42 Å². The van der Waals surface area contributed by atoms with Gasteiger partial charge in [0, 0.05) is 16.5 Å². The van der Waals surface area contributed by atoms with Crippen LogP contribution < -0.4 is 4.74 Å². The zero-order valence-corrected chi connectivity index (χ0v) is 28.4. The first-order valence-electron chi connectivity index (χ1n) is 14.4. The Morgan fingerprint density at radius 3 is 1.60 bits per heavy atom. The predicted octanol–water partition coefficient (Wildman–Crippen LogP) is 10.5. The van der Waals surface area contributed by atoms with E-state index in [-0.39, 0.29) is 38.1 Å². The van der Waals surface area contributed by atoms with Crippen LogP contribution >= 0.6 is 23.2 Å². The molecule has 1 N–H and O–H groups in total. The van der Waals surface area contributed by atoms with Crippen molar-refractivity contribution in [2.75, 3.05) is 0 Å². The lowest BCUT2D eigenvalue weighted by atomic mass is 9.77. The molecule has 0 heterocycles. The Bertz CT molecular complexity index is 1620. The Kier molecular flexibility index (Phi) is 11.4. The summed E-state index contributed by atoms with van der Waals surface area (Å²) in [4.78, 5) is 0.451. The summed E-state index contributed by atoms with van der Waals surface area (Å²) in [6, 6.07) is 24.8. The first-order valence-corrected chi connectivity index (χ1v) is 17.0. The fourth-order valence-corrected chi connectivity index (χ4v) is 6.19. The minimum absolute atomic E-state index is 0.0591. The zero-order valence-electron chi connectivity index (χ0n) is 26.0. The van der Waals surface area contributed by atoms with Gasteiger partial charge in [0.25, 0.3) is 0 Å². The van der Waals surface area contributed by atoms with E-state index >= 15 is 0 Å². The van der Waals surface area contributed by atoms with E-state index in [0.29, 0.717) is 17.1 Å². The number of rotatable bonds is 8.